The zero-order valence-electron chi connectivity index (χ0n) is 13.5. The Kier molecular flexibility index (Phi) is 6.47. The van der Waals surface area contributed by atoms with Gasteiger partial charge in [0.25, 0.3) is 0 Å². The topological polar surface area (TPSA) is 64.1 Å². The van der Waals surface area contributed by atoms with Crippen molar-refractivity contribution in [3.63, 3.8) is 0 Å². The van der Waals surface area contributed by atoms with Crippen LogP contribution in [-0.4, -0.2) is 36.9 Å². The molecule has 0 N–H and O–H groups in total. The molecule has 122 valence electrons. The van der Waals surface area contributed by atoms with Gasteiger partial charge in [0.05, 0.1) is 24.7 Å². The third kappa shape index (κ3) is 4.48. The maximum Gasteiger partial charge on any atom is 0.328 e. The number of benzene rings is 1. The predicted octanol–water partition coefficient (Wildman–Crippen LogP) is 3.68. The van der Waals surface area contributed by atoms with Gasteiger partial charge in [-0.15, -0.1) is 0 Å². The molecule has 0 bridgehead atoms. The molecule has 0 aliphatic heterocycles. The van der Waals surface area contributed by atoms with Crippen LogP contribution in [0.1, 0.15) is 13.8 Å². The SMILES string of the molecule is CCOC1=CC(=[N+]=[N-])C(OCC)C=C1Sc1ccc(OC)cc1. The van der Waals surface area contributed by atoms with Crippen LogP contribution in [0.5, 0.6) is 5.75 Å². The maximum atomic E-state index is 9.17. The van der Waals surface area contributed by atoms with Crippen molar-refractivity contribution in [1.29, 1.82) is 0 Å². The van der Waals surface area contributed by atoms with Crippen LogP contribution in [0.3, 0.4) is 0 Å². The lowest BCUT2D eigenvalue weighted by atomic mass is 10.1. The van der Waals surface area contributed by atoms with E-state index in [1.807, 2.05) is 44.2 Å². The van der Waals surface area contributed by atoms with Crippen LogP contribution in [0.25, 0.3) is 5.53 Å². The lowest BCUT2D eigenvalue weighted by Crippen LogP contribution is -2.25. The van der Waals surface area contributed by atoms with E-state index in [0.29, 0.717) is 24.7 Å². The second kappa shape index (κ2) is 8.58. The fourth-order valence-corrected chi connectivity index (χ4v) is 3.05. The molecule has 23 heavy (non-hydrogen) atoms. The van der Waals surface area contributed by atoms with Gasteiger partial charge in [-0.05, 0) is 44.2 Å². The van der Waals surface area contributed by atoms with Gasteiger partial charge in [0.1, 0.15) is 11.5 Å². The van der Waals surface area contributed by atoms with Crippen LogP contribution in [0.2, 0.25) is 0 Å². The summed E-state index contributed by atoms with van der Waals surface area (Å²) in [6, 6.07) is 7.80. The smallest absolute Gasteiger partial charge is 0.328 e. The molecule has 5 nitrogen and oxygen atoms in total. The Morgan fingerprint density at radius 3 is 2.48 bits per heavy atom. The minimum Gasteiger partial charge on any atom is -0.497 e. The first kappa shape index (κ1) is 17.3. The Morgan fingerprint density at radius 2 is 1.91 bits per heavy atom. The van der Waals surface area contributed by atoms with E-state index in [2.05, 4.69) is 4.79 Å². The first-order valence-electron chi connectivity index (χ1n) is 7.44. The minimum atomic E-state index is -0.380. The first-order chi connectivity index (χ1) is 11.2. The molecular weight excluding hydrogens is 312 g/mol. The van der Waals surface area contributed by atoms with Crippen LogP contribution in [0, 0.1) is 0 Å². The van der Waals surface area contributed by atoms with Gasteiger partial charge in [-0.1, -0.05) is 11.8 Å². The molecule has 0 heterocycles. The zero-order valence-corrected chi connectivity index (χ0v) is 14.3. The highest BCUT2D eigenvalue weighted by Crippen LogP contribution is 2.35. The molecule has 1 aliphatic carbocycles. The number of thioether (sulfide) groups is 1. The normalized spacial score (nSPS) is 17.2. The molecule has 1 atom stereocenters. The first-order valence-corrected chi connectivity index (χ1v) is 8.25. The van der Waals surface area contributed by atoms with Gasteiger partial charge in [-0.2, -0.15) is 4.79 Å². The summed E-state index contributed by atoms with van der Waals surface area (Å²) >= 11 is 1.57. The summed E-state index contributed by atoms with van der Waals surface area (Å²) in [5.74, 6) is 1.49. The average molecular weight is 332 g/mol. The van der Waals surface area contributed by atoms with Gasteiger partial charge < -0.3 is 19.7 Å². The van der Waals surface area contributed by atoms with Crippen molar-refractivity contribution in [1.82, 2.24) is 0 Å². The Balaban J connectivity index is 2.27. The predicted molar refractivity (Wildman–Crippen MR) is 90.7 cm³/mol. The second-order valence-corrected chi connectivity index (χ2v) is 5.77. The fraction of sp³-hybridized carbons (Fsp3) is 0.353. The van der Waals surface area contributed by atoms with Crippen LogP contribution in [0.4, 0.5) is 0 Å². The van der Waals surface area contributed by atoms with Crippen molar-refractivity contribution in [3.8, 4) is 5.75 Å². The number of hydrogen-bond acceptors (Lipinski definition) is 4. The summed E-state index contributed by atoms with van der Waals surface area (Å²) < 4.78 is 16.5. The molecule has 0 fully saturated rings. The summed E-state index contributed by atoms with van der Waals surface area (Å²) in [6.07, 6.45) is 3.25. The highest BCUT2D eigenvalue weighted by molar-refractivity contribution is 8.03. The average Bonchev–Trinajstić information content (AvgIpc) is 2.58. The van der Waals surface area contributed by atoms with E-state index in [1.54, 1.807) is 24.9 Å². The highest BCUT2D eigenvalue weighted by atomic mass is 32.2. The molecule has 0 spiro atoms. The Morgan fingerprint density at radius 1 is 1.17 bits per heavy atom. The van der Waals surface area contributed by atoms with Crippen LogP contribution in [0.15, 0.2) is 52.0 Å². The number of rotatable bonds is 7. The summed E-state index contributed by atoms with van der Waals surface area (Å²) in [5.41, 5.74) is 9.60. The Labute approximate surface area is 140 Å². The van der Waals surface area contributed by atoms with E-state index in [-0.39, 0.29) is 6.10 Å². The van der Waals surface area contributed by atoms with Crippen LogP contribution >= 0.6 is 11.8 Å². The van der Waals surface area contributed by atoms with Gasteiger partial charge in [0, 0.05) is 11.5 Å². The van der Waals surface area contributed by atoms with Crippen LogP contribution < -0.4 is 4.74 Å². The summed E-state index contributed by atoms with van der Waals surface area (Å²) in [7, 11) is 1.64. The largest absolute Gasteiger partial charge is 0.497 e. The molecule has 6 heteroatoms. The Hall–Kier alpha value is -2.01. The van der Waals surface area contributed by atoms with Crippen molar-refractivity contribution in [3.05, 3.63) is 52.6 Å². The molecule has 2 rings (SSSR count). The third-order valence-electron chi connectivity index (χ3n) is 3.16. The molecular formula is C17H20N2O3S. The zero-order chi connectivity index (χ0) is 16.7. The molecule has 0 radical (unpaired) electrons. The number of nitrogens with zero attached hydrogens (tertiary/aromatic N) is 2. The molecule has 0 aromatic heterocycles. The van der Waals surface area contributed by atoms with E-state index in [9.17, 15) is 0 Å². The fourth-order valence-electron chi connectivity index (χ4n) is 2.11. The lowest BCUT2D eigenvalue weighted by molar-refractivity contribution is -0.0221. The number of hydrogen-bond donors (Lipinski definition) is 0. The highest BCUT2D eigenvalue weighted by Gasteiger charge is 2.28. The van der Waals surface area contributed by atoms with Gasteiger partial charge >= 0.3 is 5.71 Å². The molecule has 1 aromatic carbocycles. The van der Waals surface area contributed by atoms with Gasteiger partial charge in [-0.25, -0.2) is 0 Å². The van der Waals surface area contributed by atoms with E-state index < -0.39 is 0 Å². The summed E-state index contributed by atoms with van der Waals surface area (Å²) in [4.78, 5) is 5.30. The van der Waals surface area contributed by atoms with Crippen molar-refractivity contribution in [2.75, 3.05) is 20.3 Å². The van der Waals surface area contributed by atoms with E-state index in [0.717, 1.165) is 15.6 Å². The molecule has 0 saturated heterocycles. The van der Waals surface area contributed by atoms with Crippen molar-refractivity contribution >= 4 is 17.5 Å². The quantitative estimate of drug-likeness (QED) is 0.564. The maximum absolute atomic E-state index is 9.17. The third-order valence-corrected chi connectivity index (χ3v) is 4.23. The number of ether oxygens (including phenoxy) is 3. The molecule has 1 aliphatic rings. The second-order valence-electron chi connectivity index (χ2n) is 4.65. The van der Waals surface area contributed by atoms with Crippen molar-refractivity contribution in [2.45, 2.75) is 24.8 Å². The van der Waals surface area contributed by atoms with E-state index in [1.165, 1.54) is 0 Å². The minimum absolute atomic E-state index is 0.380. The lowest BCUT2D eigenvalue weighted by Gasteiger charge is -2.19. The summed E-state index contributed by atoms with van der Waals surface area (Å²) in [6.45, 7) is 4.88. The summed E-state index contributed by atoms with van der Waals surface area (Å²) in [5, 5.41) is 0. The van der Waals surface area contributed by atoms with Crippen LogP contribution in [-0.2, 0) is 9.47 Å². The standard InChI is InChI=1S/C17H20N2O3S/c1-4-21-15-11-17(16(22-5-2)10-14(15)19-18)23-13-8-6-12(20-3)7-9-13/h6-11,15H,4-5H2,1-3H3. The molecule has 0 saturated carbocycles. The van der Waals surface area contributed by atoms with Crippen molar-refractivity contribution in [2.24, 2.45) is 0 Å². The monoisotopic (exact) mass is 332 g/mol. The van der Waals surface area contributed by atoms with E-state index >= 15 is 0 Å². The van der Waals surface area contributed by atoms with Gasteiger partial charge in [-0.3, -0.25) is 0 Å². The van der Waals surface area contributed by atoms with Crippen molar-refractivity contribution < 1.29 is 19.0 Å². The van der Waals surface area contributed by atoms with E-state index in [4.69, 9.17) is 19.7 Å². The number of methoxy groups -OCH3 is 1. The molecule has 1 aromatic rings. The Bertz CT molecular complexity index is 646. The van der Waals surface area contributed by atoms with Gasteiger partial charge in [0.2, 0.25) is 0 Å². The molecule has 1 unspecified atom stereocenters. The molecule has 0 amide bonds. The van der Waals surface area contributed by atoms with Gasteiger partial charge in [0.15, 0.2) is 6.10 Å².